The van der Waals surface area contributed by atoms with Crippen molar-refractivity contribution in [1.29, 1.82) is 0 Å². The third kappa shape index (κ3) is 5.57. The molecule has 1 unspecified atom stereocenters. The number of nitrogens with zero attached hydrogens (tertiary/aromatic N) is 6. The summed E-state index contributed by atoms with van der Waals surface area (Å²) in [6.45, 7) is 5.36. The molecule has 2 aromatic heterocycles. The fraction of sp³-hybridized carbons (Fsp3) is 0.519. The number of carbonyl (C=O) groups excluding carboxylic acids is 1. The van der Waals surface area contributed by atoms with E-state index in [0.717, 1.165) is 87.5 Å². The van der Waals surface area contributed by atoms with Crippen molar-refractivity contribution >= 4 is 50.5 Å². The van der Waals surface area contributed by atoms with Gasteiger partial charge >= 0.3 is 0 Å². The summed E-state index contributed by atoms with van der Waals surface area (Å²) >= 11 is 6.25. The number of sulfonamides is 1. The van der Waals surface area contributed by atoms with Crippen molar-refractivity contribution in [3.05, 3.63) is 46.6 Å². The first-order chi connectivity index (χ1) is 19.3. The standard InChI is InChI=1S/C27H34ClN7O4S/c1-40(37,38)31-21-8-7-19(28)16-20(21)27(36)34-11-3-2-6-23(34)22-17-25-29-24(32-9-4-5-10-32)18-26(35(25)30-22)33-12-14-39-15-13-33/h7-8,16-18,23,31H,2-6,9-15H2,1H3. The number of fused-ring (bicyclic) bond motifs is 1. The minimum Gasteiger partial charge on any atom is -0.378 e. The predicted octanol–water partition coefficient (Wildman–Crippen LogP) is 3.56. The predicted molar refractivity (Wildman–Crippen MR) is 155 cm³/mol. The number of ether oxygens (including phenoxy) is 1. The van der Waals surface area contributed by atoms with Gasteiger partial charge in [-0.3, -0.25) is 9.52 Å². The molecule has 3 aromatic rings. The monoisotopic (exact) mass is 587 g/mol. The lowest BCUT2D eigenvalue weighted by molar-refractivity contribution is 0.0607. The number of hydrogen-bond acceptors (Lipinski definition) is 8. The molecule has 1 N–H and O–H groups in total. The van der Waals surface area contributed by atoms with Gasteiger partial charge in [-0.2, -0.15) is 9.61 Å². The summed E-state index contributed by atoms with van der Waals surface area (Å²) in [7, 11) is -3.59. The van der Waals surface area contributed by atoms with E-state index in [0.29, 0.717) is 24.8 Å². The average molecular weight is 588 g/mol. The molecule has 6 rings (SSSR count). The van der Waals surface area contributed by atoms with Crippen LogP contribution in [0.2, 0.25) is 5.02 Å². The fourth-order valence-corrected chi connectivity index (χ4v) is 6.62. The van der Waals surface area contributed by atoms with Crippen molar-refractivity contribution in [1.82, 2.24) is 19.5 Å². The number of hydrogen-bond donors (Lipinski definition) is 1. The Morgan fingerprint density at radius 1 is 1.00 bits per heavy atom. The summed E-state index contributed by atoms with van der Waals surface area (Å²) in [5.74, 6) is 1.64. The number of morpholine rings is 1. The minimum absolute atomic E-state index is 0.211. The van der Waals surface area contributed by atoms with Gasteiger partial charge in [0.15, 0.2) is 5.65 Å². The molecule has 0 bridgehead atoms. The summed E-state index contributed by atoms with van der Waals surface area (Å²) in [4.78, 5) is 25.3. The molecule has 0 spiro atoms. The number of halogens is 1. The largest absolute Gasteiger partial charge is 0.378 e. The van der Waals surface area contributed by atoms with Crippen LogP contribution in [-0.2, 0) is 14.8 Å². The van der Waals surface area contributed by atoms with E-state index in [9.17, 15) is 13.2 Å². The smallest absolute Gasteiger partial charge is 0.256 e. The molecule has 0 radical (unpaired) electrons. The summed E-state index contributed by atoms with van der Waals surface area (Å²) in [6.07, 6.45) is 5.92. The Morgan fingerprint density at radius 3 is 2.50 bits per heavy atom. The van der Waals surface area contributed by atoms with Crippen LogP contribution in [0.5, 0.6) is 0 Å². The molecule has 0 saturated carbocycles. The first kappa shape index (κ1) is 27.1. The van der Waals surface area contributed by atoms with E-state index in [4.69, 9.17) is 26.4 Å². The number of aromatic nitrogens is 3. The van der Waals surface area contributed by atoms with Gasteiger partial charge in [0, 0.05) is 49.9 Å². The van der Waals surface area contributed by atoms with Crippen LogP contribution < -0.4 is 14.5 Å². The molecule has 13 heteroatoms. The molecule has 3 saturated heterocycles. The van der Waals surface area contributed by atoms with Gasteiger partial charge in [0.2, 0.25) is 10.0 Å². The van der Waals surface area contributed by atoms with Crippen molar-refractivity contribution in [2.24, 2.45) is 0 Å². The quantitative estimate of drug-likeness (QED) is 0.466. The highest BCUT2D eigenvalue weighted by Gasteiger charge is 2.33. The lowest BCUT2D eigenvalue weighted by atomic mass is 9.98. The third-order valence-corrected chi connectivity index (χ3v) is 8.62. The van der Waals surface area contributed by atoms with Gasteiger partial charge in [-0.05, 0) is 50.3 Å². The second kappa shape index (κ2) is 11.1. The number of carbonyl (C=O) groups is 1. The second-order valence-electron chi connectivity index (χ2n) is 10.7. The average Bonchev–Trinajstić information content (AvgIpc) is 3.63. The van der Waals surface area contributed by atoms with E-state index in [1.807, 2.05) is 10.6 Å². The molecular weight excluding hydrogens is 554 g/mol. The fourth-order valence-electron chi connectivity index (χ4n) is 5.87. The molecule has 3 aliphatic heterocycles. The van der Waals surface area contributed by atoms with E-state index in [-0.39, 0.29) is 23.2 Å². The molecule has 3 fully saturated rings. The Morgan fingerprint density at radius 2 is 1.75 bits per heavy atom. The Bertz CT molecular complexity index is 1520. The highest BCUT2D eigenvalue weighted by molar-refractivity contribution is 7.92. The molecule has 11 nitrogen and oxygen atoms in total. The number of benzene rings is 1. The van der Waals surface area contributed by atoms with Crippen molar-refractivity contribution in [2.75, 3.05) is 66.7 Å². The van der Waals surface area contributed by atoms with Gasteiger partial charge < -0.3 is 19.4 Å². The van der Waals surface area contributed by atoms with Crippen molar-refractivity contribution in [3.63, 3.8) is 0 Å². The molecule has 1 atom stereocenters. The van der Waals surface area contributed by atoms with Gasteiger partial charge in [0.25, 0.3) is 5.91 Å². The number of likely N-dealkylation sites (tertiary alicyclic amines) is 1. The van der Waals surface area contributed by atoms with E-state index < -0.39 is 10.0 Å². The number of piperidine rings is 1. The van der Waals surface area contributed by atoms with Crippen LogP contribution in [0.3, 0.4) is 0 Å². The first-order valence-electron chi connectivity index (χ1n) is 13.8. The SMILES string of the molecule is CS(=O)(=O)Nc1ccc(Cl)cc1C(=O)N1CCCCC1c1cc2nc(N3CCCC3)cc(N3CCOCC3)n2n1. The number of rotatable bonds is 6. The molecule has 5 heterocycles. The van der Waals surface area contributed by atoms with Crippen LogP contribution in [0, 0.1) is 0 Å². The summed E-state index contributed by atoms with van der Waals surface area (Å²) < 4.78 is 34.0. The maximum Gasteiger partial charge on any atom is 0.256 e. The van der Waals surface area contributed by atoms with Gasteiger partial charge in [-0.25, -0.2) is 13.4 Å². The summed E-state index contributed by atoms with van der Waals surface area (Å²) in [6, 6.07) is 8.46. The maximum absolute atomic E-state index is 14.0. The zero-order valence-corrected chi connectivity index (χ0v) is 24.1. The van der Waals surface area contributed by atoms with Crippen molar-refractivity contribution < 1.29 is 17.9 Å². The van der Waals surface area contributed by atoms with Gasteiger partial charge in [0.1, 0.15) is 11.6 Å². The third-order valence-electron chi connectivity index (χ3n) is 7.79. The molecule has 1 aromatic carbocycles. The molecule has 3 aliphatic rings. The number of anilines is 3. The Hall–Kier alpha value is -3.09. The van der Waals surface area contributed by atoms with Gasteiger partial charge in [0.05, 0.1) is 42.5 Å². The zero-order valence-electron chi connectivity index (χ0n) is 22.6. The van der Waals surface area contributed by atoms with E-state index in [1.165, 1.54) is 12.1 Å². The topological polar surface area (TPSA) is 112 Å². The van der Waals surface area contributed by atoms with Crippen molar-refractivity contribution in [2.45, 2.75) is 38.1 Å². The van der Waals surface area contributed by atoms with Crippen molar-refractivity contribution in [3.8, 4) is 0 Å². The van der Waals surface area contributed by atoms with Crippen LogP contribution in [0.1, 0.15) is 54.2 Å². The highest BCUT2D eigenvalue weighted by atomic mass is 35.5. The Labute approximate surface area is 239 Å². The summed E-state index contributed by atoms with van der Waals surface area (Å²) in [5.41, 5.74) is 1.95. The lowest BCUT2D eigenvalue weighted by Gasteiger charge is -2.35. The van der Waals surface area contributed by atoms with Crippen LogP contribution in [0.15, 0.2) is 30.3 Å². The van der Waals surface area contributed by atoms with E-state index >= 15 is 0 Å². The van der Waals surface area contributed by atoms with Crippen LogP contribution >= 0.6 is 11.6 Å². The van der Waals surface area contributed by atoms with Crippen LogP contribution in [0.25, 0.3) is 5.65 Å². The number of nitrogens with one attached hydrogen (secondary N) is 1. The van der Waals surface area contributed by atoms with Crippen LogP contribution in [-0.4, -0.2) is 86.0 Å². The lowest BCUT2D eigenvalue weighted by Crippen LogP contribution is -2.39. The maximum atomic E-state index is 14.0. The van der Waals surface area contributed by atoms with E-state index in [1.54, 1.807) is 11.0 Å². The molecule has 40 heavy (non-hydrogen) atoms. The first-order valence-corrected chi connectivity index (χ1v) is 16.1. The van der Waals surface area contributed by atoms with Crippen LogP contribution in [0.4, 0.5) is 17.3 Å². The Balaban J connectivity index is 1.39. The Kier molecular flexibility index (Phi) is 7.49. The summed E-state index contributed by atoms with van der Waals surface area (Å²) in [5, 5.41) is 5.39. The number of amides is 1. The van der Waals surface area contributed by atoms with Gasteiger partial charge in [-0.15, -0.1) is 0 Å². The zero-order chi connectivity index (χ0) is 27.9. The molecule has 214 valence electrons. The minimum atomic E-state index is -3.59. The molecule has 1 amide bonds. The second-order valence-corrected chi connectivity index (χ2v) is 12.9. The molecular formula is C27H34ClN7O4S. The van der Waals surface area contributed by atoms with E-state index in [2.05, 4.69) is 20.6 Å². The van der Waals surface area contributed by atoms with Gasteiger partial charge in [-0.1, -0.05) is 11.6 Å². The molecule has 0 aliphatic carbocycles. The highest BCUT2D eigenvalue weighted by Crippen LogP contribution is 2.35. The normalized spacial score (nSPS) is 20.4.